The minimum atomic E-state index is -0.975. The number of nitrogens with one attached hydrogen (secondary N) is 2. The number of carbonyl (C=O) groups excluding carboxylic acids is 2. The molecule has 1 unspecified atom stereocenters. The lowest BCUT2D eigenvalue weighted by molar-refractivity contribution is -0.137. The molecular weight excluding hydrogens is 344 g/mol. The summed E-state index contributed by atoms with van der Waals surface area (Å²) in [7, 11) is 0. The zero-order valence-corrected chi connectivity index (χ0v) is 17.0. The minimum absolute atomic E-state index is 0.000627. The first-order valence-corrected chi connectivity index (χ1v) is 9.40. The van der Waals surface area contributed by atoms with Gasteiger partial charge < -0.3 is 15.7 Å². The van der Waals surface area contributed by atoms with Gasteiger partial charge in [-0.1, -0.05) is 45.0 Å². The van der Waals surface area contributed by atoms with Crippen LogP contribution < -0.4 is 10.6 Å². The first-order valence-electron chi connectivity index (χ1n) is 9.40. The van der Waals surface area contributed by atoms with Gasteiger partial charge in [0.25, 0.3) is 0 Å². The number of benzene rings is 1. The van der Waals surface area contributed by atoms with Gasteiger partial charge in [-0.3, -0.25) is 14.4 Å². The van der Waals surface area contributed by atoms with Crippen LogP contribution in [0.2, 0.25) is 0 Å². The first kappa shape index (κ1) is 22.7. The van der Waals surface area contributed by atoms with Crippen LogP contribution in [0.15, 0.2) is 24.3 Å². The van der Waals surface area contributed by atoms with Gasteiger partial charge in [0.1, 0.15) is 0 Å². The third-order valence-corrected chi connectivity index (χ3v) is 4.15. The zero-order valence-electron chi connectivity index (χ0n) is 17.0. The summed E-state index contributed by atoms with van der Waals surface area (Å²) >= 11 is 0. The van der Waals surface area contributed by atoms with Crippen LogP contribution in [0.4, 0.5) is 0 Å². The van der Waals surface area contributed by atoms with Crippen molar-refractivity contribution in [3.05, 3.63) is 35.4 Å². The van der Waals surface area contributed by atoms with Crippen molar-refractivity contribution in [3.63, 3.8) is 0 Å². The standard InChI is InChI=1S/C21H32N2O4/c1-14(2)22-18(24)7-6-8-19(25)23-17(13-20(26)27)15-9-11-16(12-10-15)21(3,4)5/h9-12,14,17H,6-8,13H2,1-5H3,(H,22,24)(H,23,25)(H,26,27). The highest BCUT2D eigenvalue weighted by Gasteiger charge is 2.20. The number of amides is 2. The fourth-order valence-electron chi connectivity index (χ4n) is 2.71. The molecule has 6 nitrogen and oxygen atoms in total. The van der Waals surface area contributed by atoms with E-state index in [1.165, 1.54) is 0 Å². The molecule has 1 rings (SSSR count). The van der Waals surface area contributed by atoms with Crippen LogP contribution >= 0.6 is 0 Å². The zero-order chi connectivity index (χ0) is 20.6. The number of carboxylic acids is 1. The SMILES string of the molecule is CC(C)NC(=O)CCCC(=O)NC(CC(=O)O)c1ccc(C(C)(C)C)cc1. The second kappa shape index (κ2) is 10.1. The molecular formula is C21H32N2O4. The monoisotopic (exact) mass is 376 g/mol. The van der Waals surface area contributed by atoms with Crippen molar-refractivity contribution in [2.24, 2.45) is 0 Å². The third-order valence-electron chi connectivity index (χ3n) is 4.15. The van der Waals surface area contributed by atoms with E-state index in [1.807, 2.05) is 38.1 Å². The highest BCUT2D eigenvalue weighted by molar-refractivity contribution is 5.79. The Labute approximate surface area is 161 Å². The van der Waals surface area contributed by atoms with E-state index in [4.69, 9.17) is 0 Å². The molecule has 1 aromatic carbocycles. The lowest BCUT2D eigenvalue weighted by Crippen LogP contribution is -2.31. The van der Waals surface area contributed by atoms with Crippen LogP contribution in [-0.2, 0) is 19.8 Å². The summed E-state index contributed by atoms with van der Waals surface area (Å²) in [4.78, 5) is 35.0. The van der Waals surface area contributed by atoms with Gasteiger partial charge in [0.05, 0.1) is 12.5 Å². The normalized spacial score (nSPS) is 12.5. The van der Waals surface area contributed by atoms with Crippen molar-refractivity contribution in [1.82, 2.24) is 10.6 Å². The molecule has 0 aliphatic carbocycles. The predicted octanol–water partition coefficient (Wildman–Crippen LogP) is 3.31. The number of carboxylic acid groups (broad SMARTS) is 1. The third kappa shape index (κ3) is 8.71. The fraction of sp³-hybridized carbons (Fsp3) is 0.571. The number of hydrogen-bond acceptors (Lipinski definition) is 3. The van der Waals surface area contributed by atoms with Crippen LogP contribution in [0.25, 0.3) is 0 Å². The average molecular weight is 376 g/mol. The number of hydrogen-bond donors (Lipinski definition) is 3. The number of carbonyl (C=O) groups is 3. The molecule has 0 saturated heterocycles. The molecule has 2 amide bonds. The highest BCUT2D eigenvalue weighted by Crippen LogP contribution is 2.25. The maximum Gasteiger partial charge on any atom is 0.305 e. The van der Waals surface area contributed by atoms with Crippen molar-refractivity contribution in [2.45, 2.75) is 77.8 Å². The lowest BCUT2D eigenvalue weighted by atomic mass is 9.86. The quantitative estimate of drug-likeness (QED) is 0.616. The summed E-state index contributed by atoms with van der Waals surface area (Å²) in [6, 6.07) is 7.14. The second-order valence-corrected chi connectivity index (χ2v) is 8.17. The van der Waals surface area contributed by atoms with Crippen molar-refractivity contribution >= 4 is 17.8 Å². The molecule has 0 heterocycles. The molecule has 0 aliphatic heterocycles. The summed E-state index contributed by atoms with van der Waals surface area (Å²) in [6.07, 6.45) is 0.693. The summed E-state index contributed by atoms with van der Waals surface area (Å²) in [5.41, 5.74) is 1.90. The summed E-state index contributed by atoms with van der Waals surface area (Å²) in [5, 5.41) is 14.7. The van der Waals surface area contributed by atoms with Gasteiger partial charge in [0.2, 0.25) is 11.8 Å². The van der Waals surface area contributed by atoms with Crippen LogP contribution in [0.5, 0.6) is 0 Å². The Morgan fingerprint density at radius 2 is 1.48 bits per heavy atom. The minimum Gasteiger partial charge on any atom is -0.481 e. The highest BCUT2D eigenvalue weighted by atomic mass is 16.4. The van der Waals surface area contributed by atoms with E-state index >= 15 is 0 Å². The van der Waals surface area contributed by atoms with Crippen LogP contribution in [-0.4, -0.2) is 28.9 Å². The summed E-state index contributed by atoms with van der Waals surface area (Å²) in [6.45, 7) is 10.1. The molecule has 0 saturated carbocycles. The van der Waals surface area contributed by atoms with Crippen LogP contribution in [0.3, 0.4) is 0 Å². The fourth-order valence-corrected chi connectivity index (χ4v) is 2.71. The number of rotatable bonds is 9. The maximum absolute atomic E-state index is 12.2. The van der Waals surface area contributed by atoms with Gasteiger partial charge in [-0.15, -0.1) is 0 Å². The van der Waals surface area contributed by atoms with E-state index in [-0.39, 0.29) is 42.5 Å². The molecule has 3 N–H and O–H groups in total. The molecule has 1 atom stereocenters. The maximum atomic E-state index is 12.2. The van der Waals surface area contributed by atoms with Crippen LogP contribution in [0, 0.1) is 0 Å². The average Bonchev–Trinajstić information content (AvgIpc) is 2.52. The topological polar surface area (TPSA) is 95.5 Å². The molecule has 1 aromatic rings. The molecule has 0 aliphatic rings. The Bertz CT molecular complexity index is 645. The van der Waals surface area contributed by atoms with Gasteiger partial charge in [-0.25, -0.2) is 0 Å². The molecule has 0 bridgehead atoms. The largest absolute Gasteiger partial charge is 0.481 e. The lowest BCUT2D eigenvalue weighted by Gasteiger charge is -2.22. The summed E-state index contributed by atoms with van der Waals surface area (Å²) in [5.74, 6) is -1.31. The molecule has 6 heteroatoms. The van der Waals surface area contributed by atoms with Crippen molar-refractivity contribution < 1.29 is 19.5 Å². The van der Waals surface area contributed by atoms with E-state index in [1.54, 1.807) is 0 Å². The Morgan fingerprint density at radius 1 is 0.963 bits per heavy atom. The van der Waals surface area contributed by atoms with Gasteiger partial charge in [0, 0.05) is 18.9 Å². The van der Waals surface area contributed by atoms with Crippen molar-refractivity contribution in [1.29, 1.82) is 0 Å². The molecule has 0 aromatic heterocycles. The first-order chi connectivity index (χ1) is 12.5. The van der Waals surface area contributed by atoms with Crippen LogP contribution in [0.1, 0.15) is 77.5 Å². The smallest absolute Gasteiger partial charge is 0.305 e. The van der Waals surface area contributed by atoms with E-state index in [2.05, 4.69) is 31.4 Å². The van der Waals surface area contributed by atoms with Gasteiger partial charge in [-0.05, 0) is 36.8 Å². The molecule has 0 fully saturated rings. The van der Waals surface area contributed by atoms with E-state index < -0.39 is 12.0 Å². The molecule has 0 radical (unpaired) electrons. The van der Waals surface area contributed by atoms with E-state index in [9.17, 15) is 19.5 Å². The van der Waals surface area contributed by atoms with E-state index in [0.717, 1.165) is 11.1 Å². The Balaban J connectivity index is 2.68. The molecule has 150 valence electrons. The summed E-state index contributed by atoms with van der Waals surface area (Å²) < 4.78 is 0. The Kier molecular flexibility index (Phi) is 8.47. The molecule has 27 heavy (non-hydrogen) atoms. The van der Waals surface area contributed by atoms with Crippen molar-refractivity contribution in [3.8, 4) is 0 Å². The Morgan fingerprint density at radius 3 is 1.93 bits per heavy atom. The number of aliphatic carboxylic acids is 1. The van der Waals surface area contributed by atoms with Gasteiger partial charge in [0.15, 0.2) is 0 Å². The predicted molar refractivity (Wildman–Crippen MR) is 105 cm³/mol. The molecule has 0 spiro atoms. The second-order valence-electron chi connectivity index (χ2n) is 8.17. The van der Waals surface area contributed by atoms with Gasteiger partial charge >= 0.3 is 5.97 Å². The van der Waals surface area contributed by atoms with E-state index in [0.29, 0.717) is 6.42 Å². The van der Waals surface area contributed by atoms with Gasteiger partial charge in [-0.2, -0.15) is 0 Å². The Hall–Kier alpha value is -2.37. The van der Waals surface area contributed by atoms with Crippen molar-refractivity contribution in [2.75, 3.05) is 0 Å².